The first-order chi connectivity index (χ1) is 14.4. The molecule has 2 aromatic carbocycles. The van der Waals surface area contributed by atoms with E-state index in [1.165, 1.54) is 6.92 Å². The number of hydrogen-bond acceptors (Lipinski definition) is 2. The average molecular weight is 443 g/mol. The normalized spacial score (nSPS) is 26.9. The lowest BCUT2D eigenvalue weighted by Gasteiger charge is -2.61. The molecule has 8 heteroatoms. The monoisotopic (exact) mass is 443 g/mol. The van der Waals surface area contributed by atoms with E-state index < -0.39 is 29.6 Å². The average Bonchev–Trinajstić information content (AvgIpc) is 2.65. The van der Waals surface area contributed by atoms with Crippen LogP contribution >= 0.6 is 0 Å². The van der Waals surface area contributed by atoms with E-state index in [0.29, 0.717) is 0 Å². The number of hydrogen-bond donors (Lipinski definition) is 1. The van der Waals surface area contributed by atoms with Crippen LogP contribution < -0.4 is 5.32 Å². The summed E-state index contributed by atoms with van der Waals surface area (Å²) in [6.07, 6.45) is -7.97. The SMILES string of the molecule is C[C@@H](OC[C@]1(c2ccccc2)C[C@]2(CCN2)C1)c1cc(C(F)(F)F)cc(C(F)(F)F)c1. The fourth-order valence-corrected chi connectivity index (χ4v) is 4.80. The second-order valence-corrected chi connectivity index (χ2v) is 8.75. The molecule has 2 nitrogen and oxygen atoms in total. The summed E-state index contributed by atoms with van der Waals surface area (Å²) in [6.45, 7) is 2.66. The van der Waals surface area contributed by atoms with Gasteiger partial charge in [0.25, 0.3) is 0 Å². The van der Waals surface area contributed by atoms with E-state index >= 15 is 0 Å². The van der Waals surface area contributed by atoms with Gasteiger partial charge in [-0.2, -0.15) is 26.3 Å². The Morgan fingerprint density at radius 1 is 0.935 bits per heavy atom. The van der Waals surface area contributed by atoms with Crippen molar-refractivity contribution < 1.29 is 31.1 Å². The Balaban J connectivity index is 1.56. The highest BCUT2D eigenvalue weighted by Crippen LogP contribution is 2.54. The summed E-state index contributed by atoms with van der Waals surface area (Å²) in [5, 5.41) is 3.44. The Hall–Kier alpha value is -2.06. The number of ether oxygens (including phenoxy) is 1. The molecule has 1 saturated carbocycles. The molecule has 0 aromatic heterocycles. The Morgan fingerprint density at radius 2 is 1.48 bits per heavy atom. The largest absolute Gasteiger partial charge is 0.416 e. The molecule has 0 unspecified atom stereocenters. The quantitative estimate of drug-likeness (QED) is 0.551. The van der Waals surface area contributed by atoms with Gasteiger partial charge in [0.15, 0.2) is 0 Å². The Kier molecular flexibility index (Phi) is 5.37. The van der Waals surface area contributed by atoms with Gasteiger partial charge in [-0.05, 0) is 62.1 Å². The first-order valence-corrected chi connectivity index (χ1v) is 10.1. The fourth-order valence-electron chi connectivity index (χ4n) is 4.80. The van der Waals surface area contributed by atoms with Gasteiger partial charge in [-0.25, -0.2) is 0 Å². The van der Waals surface area contributed by atoms with Crippen LogP contribution in [0.15, 0.2) is 48.5 Å². The fraction of sp³-hybridized carbons (Fsp3) is 0.478. The van der Waals surface area contributed by atoms with Crippen LogP contribution in [0.2, 0.25) is 0 Å². The molecule has 1 N–H and O–H groups in total. The van der Waals surface area contributed by atoms with Crippen molar-refractivity contribution in [3.63, 3.8) is 0 Å². The molecule has 1 aliphatic heterocycles. The van der Waals surface area contributed by atoms with Gasteiger partial charge in [0.1, 0.15) is 0 Å². The maximum absolute atomic E-state index is 13.2. The highest BCUT2D eigenvalue weighted by molar-refractivity contribution is 5.36. The lowest BCUT2D eigenvalue weighted by atomic mass is 9.51. The molecule has 31 heavy (non-hydrogen) atoms. The number of halogens is 6. The van der Waals surface area contributed by atoms with E-state index in [-0.39, 0.29) is 29.2 Å². The van der Waals surface area contributed by atoms with Gasteiger partial charge in [-0.1, -0.05) is 30.3 Å². The Morgan fingerprint density at radius 3 is 1.94 bits per heavy atom. The third-order valence-corrected chi connectivity index (χ3v) is 6.53. The highest BCUT2D eigenvalue weighted by atomic mass is 19.4. The second kappa shape index (κ2) is 7.52. The zero-order chi connectivity index (χ0) is 22.5. The molecule has 2 fully saturated rings. The minimum atomic E-state index is -4.88. The molecular weight excluding hydrogens is 420 g/mol. The maximum Gasteiger partial charge on any atom is 0.416 e. The maximum atomic E-state index is 13.2. The van der Waals surface area contributed by atoms with Gasteiger partial charge < -0.3 is 10.1 Å². The van der Waals surface area contributed by atoms with Crippen LogP contribution in [-0.2, 0) is 22.5 Å². The molecule has 2 aliphatic rings. The van der Waals surface area contributed by atoms with Crippen molar-refractivity contribution in [2.45, 2.75) is 55.6 Å². The van der Waals surface area contributed by atoms with Crippen molar-refractivity contribution in [1.29, 1.82) is 0 Å². The van der Waals surface area contributed by atoms with Crippen LogP contribution in [0, 0.1) is 0 Å². The van der Waals surface area contributed by atoms with E-state index in [9.17, 15) is 26.3 Å². The molecule has 0 radical (unpaired) electrons. The van der Waals surface area contributed by atoms with E-state index in [0.717, 1.165) is 43.5 Å². The van der Waals surface area contributed by atoms with Gasteiger partial charge in [-0.15, -0.1) is 0 Å². The molecule has 0 amide bonds. The number of benzene rings is 2. The summed E-state index contributed by atoms with van der Waals surface area (Å²) in [5.74, 6) is 0. The van der Waals surface area contributed by atoms with Crippen LogP contribution in [0.3, 0.4) is 0 Å². The predicted octanol–water partition coefficient (Wildman–Crippen LogP) is 6.27. The minimum absolute atomic E-state index is 0.0715. The number of alkyl halides is 6. The van der Waals surface area contributed by atoms with Gasteiger partial charge in [0.05, 0.1) is 23.8 Å². The Labute approximate surface area is 176 Å². The molecular formula is C23H23F6NO. The zero-order valence-electron chi connectivity index (χ0n) is 16.9. The lowest BCUT2D eigenvalue weighted by molar-refractivity contribution is -0.143. The number of nitrogens with one attached hydrogen (secondary N) is 1. The summed E-state index contributed by atoms with van der Waals surface area (Å²) in [5.41, 5.74) is -1.96. The van der Waals surface area contributed by atoms with Gasteiger partial charge >= 0.3 is 12.4 Å². The molecule has 1 atom stereocenters. The number of rotatable bonds is 5. The highest BCUT2D eigenvalue weighted by Gasteiger charge is 2.58. The molecule has 2 aromatic rings. The lowest BCUT2D eigenvalue weighted by Crippen LogP contribution is -2.70. The summed E-state index contributed by atoms with van der Waals surface area (Å²) in [7, 11) is 0. The van der Waals surface area contributed by atoms with Crippen LogP contribution in [0.4, 0.5) is 26.3 Å². The topological polar surface area (TPSA) is 21.3 Å². The summed E-state index contributed by atoms with van der Waals surface area (Å²) < 4.78 is 85.0. The first kappa shape index (κ1) is 22.1. The Bertz CT molecular complexity index is 893. The van der Waals surface area contributed by atoms with Crippen molar-refractivity contribution >= 4 is 0 Å². The molecule has 1 spiro atoms. The van der Waals surface area contributed by atoms with E-state index in [4.69, 9.17) is 4.74 Å². The van der Waals surface area contributed by atoms with Gasteiger partial charge in [0, 0.05) is 11.0 Å². The van der Waals surface area contributed by atoms with Crippen LogP contribution in [0.5, 0.6) is 0 Å². The third kappa shape index (κ3) is 4.32. The smallest absolute Gasteiger partial charge is 0.373 e. The predicted molar refractivity (Wildman–Crippen MR) is 104 cm³/mol. The van der Waals surface area contributed by atoms with Crippen molar-refractivity contribution in [1.82, 2.24) is 5.32 Å². The van der Waals surface area contributed by atoms with E-state index in [1.807, 2.05) is 30.3 Å². The van der Waals surface area contributed by atoms with Crippen molar-refractivity contribution in [3.8, 4) is 0 Å². The molecule has 1 aliphatic carbocycles. The van der Waals surface area contributed by atoms with E-state index in [2.05, 4.69) is 5.32 Å². The molecule has 4 rings (SSSR count). The zero-order valence-corrected chi connectivity index (χ0v) is 16.9. The van der Waals surface area contributed by atoms with Gasteiger partial charge in [0.2, 0.25) is 0 Å². The van der Waals surface area contributed by atoms with Crippen LogP contribution in [-0.4, -0.2) is 18.7 Å². The third-order valence-electron chi connectivity index (χ3n) is 6.53. The van der Waals surface area contributed by atoms with E-state index in [1.54, 1.807) is 0 Å². The van der Waals surface area contributed by atoms with Gasteiger partial charge in [-0.3, -0.25) is 0 Å². The second-order valence-electron chi connectivity index (χ2n) is 8.75. The summed E-state index contributed by atoms with van der Waals surface area (Å²) >= 11 is 0. The van der Waals surface area contributed by atoms with Crippen molar-refractivity contribution in [2.24, 2.45) is 0 Å². The first-order valence-electron chi connectivity index (χ1n) is 10.1. The summed E-state index contributed by atoms with van der Waals surface area (Å²) in [6, 6.07) is 11.3. The van der Waals surface area contributed by atoms with Crippen molar-refractivity contribution in [3.05, 3.63) is 70.8 Å². The minimum Gasteiger partial charge on any atom is -0.373 e. The summed E-state index contributed by atoms with van der Waals surface area (Å²) in [4.78, 5) is 0. The van der Waals surface area contributed by atoms with Crippen molar-refractivity contribution in [2.75, 3.05) is 13.2 Å². The molecule has 1 saturated heterocycles. The molecule has 168 valence electrons. The standard InChI is InChI=1S/C23H23F6NO/c1-15(16-9-18(22(24,25)26)11-19(10-16)23(27,28)29)31-14-20(17-5-3-2-4-6-17)12-21(13-20)7-8-30-21/h2-6,9-11,15,30H,7-8,12-14H2,1H3/t15-,20-,21+/m1/s1. The molecule has 0 bridgehead atoms. The van der Waals surface area contributed by atoms with Crippen LogP contribution in [0.25, 0.3) is 0 Å². The van der Waals surface area contributed by atoms with Crippen LogP contribution in [0.1, 0.15) is 54.5 Å². The molecule has 1 heterocycles.